The molecule has 2 aliphatic heterocycles. The number of fused-ring (bicyclic) bond motifs is 3. The van der Waals surface area contributed by atoms with E-state index >= 15 is 0 Å². The predicted octanol–water partition coefficient (Wildman–Crippen LogP) is 3.73. The fourth-order valence-electron chi connectivity index (χ4n) is 4.18. The van der Waals surface area contributed by atoms with Crippen LogP contribution in [-0.2, 0) is 6.54 Å². The summed E-state index contributed by atoms with van der Waals surface area (Å²) in [6.45, 7) is 2.96. The molecule has 1 unspecified atom stereocenters. The van der Waals surface area contributed by atoms with Gasteiger partial charge in [-0.15, -0.1) is 10.2 Å². The standard InChI is InChI=1S/C20H21BrN6/c21-15-5-8-18-17(11-15)19(25-9-1-2-10-25)26(20-24-23-13-27(18)20)12-14-3-6-16(22)7-4-14/h3-8,11,13,19H,1-2,9-10,12,22H2. The van der Waals surface area contributed by atoms with Crippen LogP contribution < -0.4 is 10.6 Å². The number of aromatic nitrogens is 3. The van der Waals surface area contributed by atoms with Crippen molar-refractivity contribution < 1.29 is 0 Å². The zero-order valence-corrected chi connectivity index (χ0v) is 16.5. The Balaban J connectivity index is 1.63. The number of benzene rings is 2. The zero-order chi connectivity index (χ0) is 18.4. The van der Waals surface area contributed by atoms with Gasteiger partial charge in [0.1, 0.15) is 12.5 Å². The van der Waals surface area contributed by atoms with Gasteiger partial charge in [0, 0.05) is 35.4 Å². The topological polar surface area (TPSA) is 63.2 Å². The molecule has 0 aliphatic carbocycles. The number of nitrogen functional groups attached to an aromatic ring is 1. The Morgan fingerprint density at radius 2 is 1.85 bits per heavy atom. The fourth-order valence-corrected chi connectivity index (χ4v) is 4.56. The van der Waals surface area contributed by atoms with Gasteiger partial charge in [-0.25, -0.2) is 0 Å². The smallest absolute Gasteiger partial charge is 0.233 e. The van der Waals surface area contributed by atoms with Gasteiger partial charge in [0.2, 0.25) is 5.95 Å². The van der Waals surface area contributed by atoms with E-state index in [0.29, 0.717) is 0 Å². The van der Waals surface area contributed by atoms with Gasteiger partial charge in [0.05, 0.1) is 5.69 Å². The van der Waals surface area contributed by atoms with Crippen LogP contribution >= 0.6 is 15.9 Å². The summed E-state index contributed by atoms with van der Waals surface area (Å²) in [5, 5.41) is 8.68. The van der Waals surface area contributed by atoms with Gasteiger partial charge in [-0.1, -0.05) is 28.1 Å². The van der Waals surface area contributed by atoms with Crippen molar-refractivity contribution in [2.75, 3.05) is 23.7 Å². The summed E-state index contributed by atoms with van der Waals surface area (Å²) < 4.78 is 3.18. The highest BCUT2D eigenvalue weighted by Crippen LogP contribution is 2.41. The van der Waals surface area contributed by atoms with Crippen LogP contribution in [0.2, 0.25) is 0 Å². The van der Waals surface area contributed by atoms with Gasteiger partial charge in [-0.2, -0.15) is 0 Å². The number of nitrogens with two attached hydrogens (primary N) is 1. The van der Waals surface area contributed by atoms with E-state index in [1.165, 1.54) is 24.0 Å². The van der Waals surface area contributed by atoms with E-state index in [0.717, 1.165) is 41.4 Å². The molecule has 1 fully saturated rings. The molecule has 0 spiro atoms. The van der Waals surface area contributed by atoms with Crippen molar-refractivity contribution in [2.24, 2.45) is 0 Å². The highest BCUT2D eigenvalue weighted by Gasteiger charge is 2.37. The Kier molecular flexibility index (Phi) is 4.13. The molecule has 138 valence electrons. The Labute approximate surface area is 166 Å². The van der Waals surface area contributed by atoms with Gasteiger partial charge in [-0.05, 0) is 48.7 Å². The first-order chi connectivity index (χ1) is 13.2. The third-order valence-electron chi connectivity index (χ3n) is 5.43. The molecule has 0 saturated carbocycles. The van der Waals surface area contributed by atoms with E-state index in [9.17, 15) is 0 Å². The summed E-state index contributed by atoms with van der Waals surface area (Å²) in [5.41, 5.74) is 10.3. The van der Waals surface area contributed by atoms with Crippen molar-refractivity contribution in [3.05, 3.63) is 64.4 Å². The Morgan fingerprint density at radius 1 is 1.07 bits per heavy atom. The monoisotopic (exact) mass is 424 g/mol. The molecular weight excluding hydrogens is 404 g/mol. The molecule has 3 heterocycles. The van der Waals surface area contributed by atoms with E-state index < -0.39 is 0 Å². The second-order valence-corrected chi connectivity index (χ2v) is 8.11. The van der Waals surface area contributed by atoms with Crippen LogP contribution in [0.25, 0.3) is 5.69 Å². The maximum atomic E-state index is 5.87. The number of likely N-dealkylation sites (tertiary alicyclic amines) is 1. The van der Waals surface area contributed by atoms with Crippen LogP contribution in [-0.4, -0.2) is 32.8 Å². The fraction of sp³-hybridized carbons (Fsp3) is 0.300. The van der Waals surface area contributed by atoms with Crippen LogP contribution in [0.15, 0.2) is 53.3 Å². The van der Waals surface area contributed by atoms with Crippen molar-refractivity contribution in [3.8, 4) is 5.69 Å². The molecule has 27 heavy (non-hydrogen) atoms. The lowest BCUT2D eigenvalue weighted by atomic mass is 10.0. The quantitative estimate of drug-likeness (QED) is 0.648. The molecule has 0 amide bonds. The molecule has 5 rings (SSSR count). The maximum Gasteiger partial charge on any atom is 0.233 e. The molecule has 2 aromatic carbocycles. The highest BCUT2D eigenvalue weighted by atomic mass is 79.9. The minimum atomic E-state index is 0.147. The van der Waals surface area contributed by atoms with Gasteiger partial charge >= 0.3 is 0 Å². The van der Waals surface area contributed by atoms with E-state index in [1.807, 2.05) is 12.1 Å². The van der Waals surface area contributed by atoms with Crippen LogP contribution in [0, 0.1) is 0 Å². The average molecular weight is 425 g/mol. The number of nitrogens with zero attached hydrogens (tertiary/aromatic N) is 5. The molecule has 1 aromatic heterocycles. The van der Waals surface area contributed by atoms with Crippen LogP contribution in [0.3, 0.4) is 0 Å². The predicted molar refractivity (Wildman–Crippen MR) is 110 cm³/mol. The first kappa shape index (κ1) is 16.8. The maximum absolute atomic E-state index is 5.87. The molecule has 3 aromatic rings. The van der Waals surface area contributed by atoms with Crippen molar-refractivity contribution in [2.45, 2.75) is 25.6 Å². The van der Waals surface area contributed by atoms with Gasteiger partial charge in [-0.3, -0.25) is 9.47 Å². The minimum absolute atomic E-state index is 0.147. The summed E-state index contributed by atoms with van der Waals surface area (Å²) in [6.07, 6.45) is 4.43. The lowest BCUT2D eigenvalue weighted by Crippen LogP contribution is -2.44. The van der Waals surface area contributed by atoms with Crippen molar-refractivity contribution in [3.63, 3.8) is 0 Å². The molecule has 1 atom stereocenters. The normalized spacial score (nSPS) is 19.1. The lowest BCUT2D eigenvalue weighted by Gasteiger charge is -2.42. The second-order valence-electron chi connectivity index (χ2n) is 7.19. The first-order valence-corrected chi connectivity index (χ1v) is 10.0. The molecule has 2 aliphatic rings. The van der Waals surface area contributed by atoms with E-state index in [1.54, 1.807) is 6.33 Å². The summed E-state index contributed by atoms with van der Waals surface area (Å²) in [7, 11) is 0. The molecular formula is C20H21BrN6. The van der Waals surface area contributed by atoms with E-state index in [-0.39, 0.29) is 6.17 Å². The molecule has 7 heteroatoms. The van der Waals surface area contributed by atoms with Crippen LogP contribution in [0.1, 0.15) is 30.1 Å². The van der Waals surface area contributed by atoms with Gasteiger partial charge in [0.15, 0.2) is 0 Å². The molecule has 0 radical (unpaired) electrons. The number of hydrogen-bond donors (Lipinski definition) is 1. The molecule has 6 nitrogen and oxygen atoms in total. The zero-order valence-electron chi connectivity index (χ0n) is 14.9. The molecule has 1 saturated heterocycles. The summed E-state index contributed by atoms with van der Waals surface area (Å²) in [4.78, 5) is 4.92. The SMILES string of the molecule is Nc1ccc(CN2c3nncn3-c3ccc(Br)cc3C2N2CCCC2)cc1. The summed E-state index contributed by atoms with van der Waals surface area (Å²) in [5.74, 6) is 0.888. The number of hydrogen-bond acceptors (Lipinski definition) is 5. The van der Waals surface area contributed by atoms with Crippen molar-refractivity contribution >= 4 is 27.6 Å². The minimum Gasteiger partial charge on any atom is -0.399 e. The van der Waals surface area contributed by atoms with Gasteiger partial charge < -0.3 is 10.6 Å². The van der Waals surface area contributed by atoms with Gasteiger partial charge in [0.25, 0.3) is 0 Å². The molecule has 0 bridgehead atoms. The number of halogens is 1. The van der Waals surface area contributed by atoms with Crippen LogP contribution in [0.4, 0.5) is 11.6 Å². The average Bonchev–Trinajstić information content (AvgIpc) is 3.35. The second kappa shape index (κ2) is 6.65. The summed E-state index contributed by atoms with van der Waals surface area (Å²) in [6, 6.07) is 14.6. The summed E-state index contributed by atoms with van der Waals surface area (Å²) >= 11 is 3.66. The third kappa shape index (κ3) is 2.91. The van der Waals surface area contributed by atoms with Crippen molar-refractivity contribution in [1.82, 2.24) is 19.7 Å². The third-order valence-corrected chi connectivity index (χ3v) is 5.92. The first-order valence-electron chi connectivity index (χ1n) is 9.26. The van der Waals surface area contributed by atoms with Crippen LogP contribution in [0.5, 0.6) is 0 Å². The van der Waals surface area contributed by atoms with Crippen molar-refractivity contribution in [1.29, 1.82) is 0 Å². The number of rotatable bonds is 3. The lowest BCUT2D eigenvalue weighted by molar-refractivity contribution is 0.228. The van der Waals surface area contributed by atoms with E-state index in [2.05, 4.69) is 70.8 Å². The largest absolute Gasteiger partial charge is 0.399 e. The Morgan fingerprint density at radius 3 is 2.63 bits per heavy atom. The Bertz CT molecular complexity index is 961. The highest BCUT2D eigenvalue weighted by molar-refractivity contribution is 9.10. The van der Waals surface area contributed by atoms with E-state index in [4.69, 9.17) is 5.73 Å². The molecule has 2 N–H and O–H groups in total. The Hall–Kier alpha value is -2.38. The number of anilines is 2.